The Bertz CT molecular complexity index is 621. The predicted octanol–water partition coefficient (Wildman–Crippen LogP) is 6.97. The van der Waals surface area contributed by atoms with Gasteiger partial charge in [-0.3, -0.25) is 9.89 Å². The summed E-state index contributed by atoms with van der Waals surface area (Å²) in [5.74, 6) is 0. The van der Waals surface area contributed by atoms with E-state index in [1.807, 2.05) is 36.0 Å². The summed E-state index contributed by atoms with van der Waals surface area (Å²) < 4.78 is 0. The summed E-state index contributed by atoms with van der Waals surface area (Å²) in [6, 6.07) is 7.64. The van der Waals surface area contributed by atoms with E-state index in [0.29, 0.717) is 15.4 Å². The number of benzene rings is 1. The van der Waals surface area contributed by atoms with Gasteiger partial charge in [0.1, 0.15) is 0 Å². The van der Waals surface area contributed by atoms with E-state index in [4.69, 9.17) is 28.8 Å². The molecule has 1 atom stereocenters. The van der Waals surface area contributed by atoms with Crippen LogP contribution in [0, 0.1) is 0 Å². The number of unbranched alkanes of at least 4 members (excludes halogenated alkanes) is 7. The lowest BCUT2D eigenvalue weighted by Gasteiger charge is -2.20. The molecule has 1 fully saturated rings. The average molecular weight is 426 g/mol. The third-order valence-corrected chi connectivity index (χ3v) is 6.23. The van der Waals surface area contributed by atoms with Gasteiger partial charge in [-0.05, 0) is 36.8 Å². The normalized spacial score (nSPS) is 18.3. The standard InChI is InChI=1S/C21H32ClN3S2/c1-3-4-5-6-7-8-9-10-14-23-21-25(16-17(2)27-21)20(26)24-19-13-11-12-18(22)15-19/h11-13,15,17H,3-10,14,16H2,1-2H3,(H,24,26)/b23-21+. The van der Waals surface area contributed by atoms with Gasteiger partial charge in [0.05, 0.1) is 0 Å². The molecule has 1 N–H and O–H groups in total. The molecule has 6 heteroatoms. The Morgan fingerprint density at radius 3 is 2.63 bits per heavy atom. The van der Waals surface area contributed by atoms with Crippen molar-refractivity contribution >= 4 is 51.5 Å². The lowest BCUT2D eigenvalue weighted by atomic mass is 10.1. The Kier molecular flexibility index (Phi) is 10.5. The number of nitrogens with one attached hydrogen (secondary N) is 1. The first-order valence-electron chi connectivity index (χ1n) is 10.2. The zero-order valence-corrected chi connectivity index (χ0v) is 18.9. The smallest absolute Gasteiger partial charge is 0.179 e. The SMILES string of the molecule is CCCCCCCCCC/N=C1/SC(C)CN1C(=S)Nc1cccc(Cl)c1. The quantitative estimate of drug-likeness (QED) is 0.323. The molecule has 1 unspecified atom stereocenters. The molecular formula is C21H32ClN3S2. The van der Waals surface area contributed by atoms with Crippen molar-refractivity contribution in [2.24, 2.45) is 4.99 Å². The summed E-state index contributed by atoms with van der Waals surface area (Å²) in [5.41, 5.74) is 0.916. The predicted molar refractivity (Wildman–Crippen MR) is 126 cm³/mol. The van der Waals surface area contributed by atoms with E-state index < -0.39 is 0 Å². The summed E-state index contributed by atoms with van der Waals surface area (Å²) in [6.45, 7) is 6.27. The van der Waals surface area contributed by atoms with Crippen LogP contribution in [0.1, 0.15) is 65.2 Å². The van der Waals surface area contributed by atoms with Gasteiger partial charge in [0.25, 0.3) is 0 Å². The molecule has 0 saturated carbocycles. The van der Waals surface area contributed by atoms with Gasteiger partial charge in [-0.1, -0.05) is 88.2 Å². The van der Waals surface area contributed by atoms with Crippen LogP contribution in [0.4, 0.5) is 5.69 Å². The Labute approximate surface area is 179 Å². The van der Waals surface area contributed by atoms with Crippen LogP contribution < -0.4 is 5.32 Å². The summed E-state index contributed by atoms with van der Waals surface area (Å²) in [7, 11) is 0. The van der Waals surface area contributed by atoms with Gasteiger partial charge in [0.15, 0.2) is 10.3 Å². The van der Waals surface area contributed by atoms with Gasteiger partial charge in [0.2, 0.25) is 0 Å². The molecule has 0 spiro atoms. The molecule has 1 aromatic rings. The Hall–Kier alpha value is -0.780. The maximum absolute atomic E-state index is 6.06. The van der Waals surface area contributed by atoms with Crippen molar-refractivity contribution in [3.05, 3.63) is 29.3 Å². The van der Waals surface area contributed by atoms with Crippen molar-refractivity contribution in [2.45, 2.75) is 70.5 Å². The highest BCUT2D eigenvalue weighted by Crippen LogP contribution is 2.27. The number of hydrogen-bond donors (Lipinski definition) is 1. The highest BCUT2D eigenvalue weighted by molar-refractivity contribution is 8.14. The topological polar surface area (TPSA) is 27.6 Å². The zero-order valence-electron chi connectivity index (χ0n) is 16.5. The monoisotopic (exact) mass is 425 g/mol. The van der Waals surface area contributed by atoms with E-state index in [-0.39, 0.29) is 0 Å². The lowest BCUT2D eigenvalue weighted by Crippen LogP contribution is -2.36. The second-order valence-corrected chi connectivity index (χ2v) is 9.35. The van der Waals surface area contributed by atoms with Gasteiger partial charge in [-0.2, -0.15) is 0 Å². The average Bonchev–Trinajstić information content (AvgIpc) is 3.01. The first-order valence-corrected chi connectivity index (χ1v) is 11.8. The van der Waals surface area contributed by atoms with Gasteiger partial charge >= 0.3 is 0 Å². The molecule has 1 saturated heterocycles. The van der Waals surface area contributed by atoms with Gasteiger partial charge in [-0.15, -0.1) is 0 Å². The Balaban J connectivity index is 1.75. The third kappa shape index (κ3) is 8.41. The number of nitrogens with zero attached hydrogens (tertiary/aromatic N) is 2. The molecule has 3 nitrogen and oxygen atoms in total. The lowest BCUT2D eigenvalue weighted by molar-refractivity contribution is 0.577. The molecule has 1 aromatic carbocycles. The summed E-state index contributed by atoms with van der Waals surface area (Å²) in [6.07, 6.45) is 10.6. The van der Waals surface area contributed by atoms with Crippen molar-refractivity contribution in [3.8, 4) is 0 Å². The number of amidine groups is 1. The van der Waals surface area contributed by atoms with E-state index in [1.165, 1.54) is 44.9 Å². The fraction of sp³-hybridized carbons (Fsp3) is 0.619. The van der Waals surface area contributed by atoms with Crippen LogP contribution in [0.5, 0.6) is 0 Å². The third-order valence-electron chi connectivity index (χ3n) is 4.56. The second kappa shape index (κ2) is 12.6. The van der Waals surface area contributed by atoms with Crippen molar-refractivity contribution in [3.63, 3.8) is 0 Å². The summed E-state index contributed by atoms with van der Waals surface area (Å²) >= 11 is 13.5. The highest BCUT2D eigenvalue weighted by atomic mass is 35.5. The Morgan fingerprint density at radius 2 is 1.93 bits per heavy atom. The molecule has 0 aromatic heterocycles. The van der Waals surface area contributed by atoms with Gasteiger partial charge in [-0.25, -0.2) is 0 Å². The van der Waals surface area contributed by atoms with Gasteiger partial charge in [0, 0.05) is 29.0 Å². The van der Waals surface area contributed by atoms with Crippen LogP contribution in [0.2, 0.25) is 5.02 Å². The molecule has 0 aliphatic carbocycles. The van der Waals surface area contributed by atoms with Crippen molar-refractivity contribution in [1.82, 2.24) is 4.90 Å². The fourth-order valence-corrected chi connectivity index (χ4v) is 4.66. The van der Waals surface area contributed by atoms with Gasteiger partial charge < -0.3 is 5.32 Å². The molecular weight excluding hydrogens is 394 g/mol. The number of halogens is 1. The van der Waals surface area contributed by atoms with Crippen LogP contribution in [-0.4, -0.2) is 33.5 Å². The van der Waals surface area contributed by atoms with Crippen LogP contribution >= 0.6 is 35.6 Å². The van der Waals surface area contributed by atoms with Crippen LogP contribution in [0.15, 0.2) is 29.3 Å². The minimum Gasteiger partial charge on any atom is -0.332 e. The summed E-state index contributed by atoms with van der Waals surface area (Å²) in [5, 5.41) is 6.24. The van der Waals surface area contributed by atoms with Crippen molar-refractivity contribution in [2.75, 3.05) is 18.4 Å². The maximum atomic E-state index is 6.06. The van der Waals surface area contributed by atoms with E-state index in [0.717, 1.165) is 30.4 Å². The fourth-order valence-electron chi connectivity index (χ4n) is 3.09. The second-order valence-electron chi connectivity index (χ2n) is 7.12. The minimum absolute atomic E-state index is 0.501. The molecule has 150 valence electrons. The minimum atomic E-state index is 0.501. The zero-order chi connectivity index (χ0) is 19.5. The number of aliphatic imine (C=N–C) groups is 1. The van der Waals surface area contributed by atoms with E-state index in [2.05, 4.69) is 24.1 Å². The molecule has 2 rings (SSSR count). The number of thiocarbonyl (C=S) groups is 1. The number of rotatable bonds is 10. The number of anilines is 1. The molecule has 27 heavy (non-hydrogen) atoms. The molecule has 0 radical (unpaired) electrons. The molecule has 0 amide bonds. The molecule has 0 bridgehead atoms. The summed E-state index contributed by atoms with van der Waals surface area (Å²) in [4.78, 5) is 6.96. The van der Waals surface area contributed by atoms with Crippen LogP contribution in [0.25, 0.3) is 0 Å². The van der Waals surface area contributed by atoms with Crippen molar-refractivity contribution in [1.29, 1.82) is 0 Å². The van der Waals surface area contributed by atoms with Crippen LogP contribution in [-0.2, 0) is 0 Å². The highest BCUT2D eigenvalue weighted by Gasteiger charge is 2.28. The molecule has 1 heterocycles. The first kappa shape index (κ1) is 22.5. The van der Waals surface area contributed by atoms with E-state index in [9.17, 15) is 0 Å². The number of hydrogen-bond acceptors (Lipinski definition) is 3. The maximum Gasteiger partial charge on any atom is 0.179 e. The first-order chi connectivity index (χ1) is 13.1. The molecule has 1 aliphatic heterocycles. The number of thioether (sulfide) groups is 1. The van der Waals surface area contributed by atoms with Crippen molar-refractivity contribution < 1.29 is 0 Å². The van der Waals surface area contributed by atoms with E-state index >= 15 is 0 Å². The molecule has 1 aliphatic rings. The largest absolute Gasteiger partial charge is 0.332 e. The van der Waals surface area contributed by atoms with E-state index in [1.54, 1.807) is 0 Å². The Morgan fingerprint density at radius 1 is 1.22 bits per heavy atom. The van der Waals surface area contributed by atoms with Crippen LogP contribution in [0.3, 0.4) is 0 Å².